The van der Waals surface area contributed by atoms with Gasteiger partial charge in [0, 0.05) is 28.3 Å². The van der Waals surface area contributed by atoms with E-state index in [-0.39, 0.29) is 5.56 Å². The predicted octanol–water partition coefficient (Wildman–Crippen LogP) is 5.53. The molecule has 0 aliphatic heterocycles. The topological polar surface area (TPSA) is 64.7 Å². The molecule has 0 aliphatic rings. The molecule has 2 aromatic heterocycles. The van der Waals surface area contributed by atoms with Gasteiger partial charge in [-0.25, -0.2) is 18.7 Å². The zero-order valence-electron chi connectivity index (χ0n) is 13.9. The molecule has 2 heterocycles. The molecular formula is C20H13ClF2N4. The quantitative estimate of drug-likeness (QED) is 0.505. The van der Waals surface area contributed by atoms with Crippen LogP contribution in [0, 0.1) is 0 Å². The minimum absolute atomic E-state index is 0.109. The molecule has 27 heavy (non-hydrogen) atoms. The van der Waals surface area contributed by atoms with Crippen LogP contribution in [-0.2, 0) is 0 Å². The average Bonchev–Trinajstić information content (AvgIpc) is 2.68. The Balaban J connectivity index is 1.93. The third-order valence-electron chi connectivity index (χ3n) is 4.28. The second-order valence-corrected chi connectivity index (χ2v) is 6.34. The van der Waals surface area contributed by atoms with E-state index in [4.69, 9.17) is 17.3 Å². The van der Waals surface area contributed by atoms with E-state index in [9.17, 15) is 8.78 Å². The lowest BCUT2D eigenvalue weighted by atomic mass is 9.97. The van der Waals surface area contributed by atoms with Crippen molar-refractivity contribution in [3.05, 3.63) is 71.6 Å². The van der Waals surface area contributed by atoms with Gasteiger partial charge >= 0.3 is 0 Å². The smallest absolute Gasteiger partial charge is 0.263 e. The summed E-state index contributed by atoms with van der Waals surface area (Å²) in [6, 6.07) is 13.3. The maximum atomic E-state index is 13.1. The first-order chi connectivity index (χ1) is 13.0. The third kappa shape index (κ3) is 3.19. The number of hydrogen-bond acceptors (Lipinski definition) is 4. The van der Waals surface area contributed by atoms with E-state index in [1.165, 1.54) is 24.5 Å². The Bertz CT molecular complexity index is 1150. The second-order valence-electron chi connectivity index (χ2n) is 5.93. The molecule has 0 atom stereocenters. The van der Waals surface area contributed by atoms with Crippen LogP contribution >= 0.6 is 11.6 Å². The van der Waals surface area contributed by atoms with Crippen molar-refractivity contribution in [2.45, 2.75) is 6.43 Å². The Morgan fingerprint density at radius 2 is 1.78 bits per heavy atom. The monoisotopic (exact) mass is 382 g/mol. The lowest BCUT2D eigenvalue weighted by Crippen LogP contribution is -1.95. The Morgan fingerprint density at radius 1 is 0.926 bits per heavy atom. The molecule has 0 aliphatic carbocycles. The van der Waals surface area contributed by atoms with Crippen LogP contribution in [0.3, 0.4) is 0 Å². The summed E-state index contributed by atoms with van der Waals surface area (Å²) < 4.78 is 26.3. The summed E-state index contributed by atoms with van der Waals surface area (Å²) in [4.78, 5) is 12.6. The van der Waals surface area contributed by atoms with Gasteiger partial charge in [0.25, 0.3) is 6.43 Å². The van der Waals surface area contributed by atoms with E-state index < -0.39 is 6.43 Å². The van der Waals surface area contributed by atoms with Crippen LogP contribution in [0.25, 0.3) is 33.3 Å². The number of halogens is 3. The van der Waals surface area contributed by atoms with Crippen molar-refractivity contribution in [2.24, 2.45) is 0 Å². The van der Waals surface area contributed by atoms with Gasteiger partial charge in [0.05, 0.1) is 16.2 Å². The number of hydrogen-bond donors (Lipinski definition) is 1. The highest BCUT2D eigenvalue weighted by atomic mass is 35.5. The molecular weight excluding hydrogens is 370 g/mol. The van der Waals surface area contributed by atoms with Crippen molar-refractivity contribution in [3.8, 4) is 22.4 Å². The number of benzene rings is 2. The van der Waals surface area contributed by atoms with Crippen LogP contribution in [0.2, 0.25) is 5.02 Å². The molecule has 0 saturated carbocycles. The molecule has 134 valence electrons. The van der Waals surface area contributed by atoms with Crippen molar-refractivity contribution in [2.75, 3.05) is 5.73 Å². The Labute approximate surface area is 158 Å². The highest BCUT2D eigenvalue weighted by Gasteiger charge is 2.16. The Morgan fingerprint density at radius 3 is 2.59 bits per heavy atom. The van der Waals surface area contributed by atoms with Crippen molar-refractivity contribution in [3.63, 3.8) is 0 Å². The van der Waals surface area contributed by atoms with Crippen LogP contribution in [0.4, 0.5) is 14.6 Å². The molecule has 0 radical (unpaired) electrons. The number of alkyl halides is 2. The highest BCUT2D eigenvalue weighted by Crippen LogP contribution is 2.37. The Hall–Kier alpha value is -3.12. The van der Waals surface area contributed by atoms with Gasteiger partial charge in [0.15, 0.2) is 0 Å². The van der Waals surface area contributed by atoms with E-state index in [2.05, 4.69) is 15.0 Å². The summed E-state index contributed by atoms with van der Waals surface area (Å²) in [6.45, 7) is 0. The van der Waals surface area contributed by atoms with Crippen molar-refractivity contribution < 1.29 is 8.78 Å². The minimum Gasteiger partial charge on any atom is -0.383 e. The van der Waals surface area contributed by atoms with Gasteiger partial charge in [0.2, 0.25) is 0 Å². The normalized spacial score (nSPS) is 11.3. The fourth-order valence-electron chi connectivity index (χ4n) is 2.96. The van der Waals surface area contributed by atoms with E-state index in [0.717, 1.165) is 16.6 Å². The third-order valence-corrected chi connectivity index (χ3v) is 4.61. The molecule has 0 spiro atoms. The Kier molecular flexibility index (Phi) is 4.41. The molecule has 2 N–H and O–H groups in total. The summed E-state index contributed by atoms with van der Waals surface area (Å²) in [6.07, 6.45) is 0.413. The number of nitrogens with two attached hydrogens (primary N) is 1. The van der Waals surface area contributed by atoms with Gasteiger partial charge < -0.3 is 5.73 Å². The van der Waals surface area contributed by atoms with Gasteiger partial charge in [-0.1, -0.05) is 29.8 Å². The number of pyridine rings is 1. The average molecular weight is 383 g/mol. The molecule has 4 aromatic rings. The van der Waals surface area contributed by atoms with Crippen LogP contribution in [0.1, 0.15) is 12.0 Å². The molecule has 0 bridgehead atoms. The van der Waals surface area contributed by atoms with Gasteiger partial charge in [-0.15, -0.1) is 0 Å². The van der Waals surface area contributed by atoms with E-state index in [0.29, 0.717) is 27.5 Å². The first-order valence-electron chi connectivity index (χ1n) is 8.08. The van der Waals surface area contributed by atoms with Crippen molar-refractivity contribution >= 4 is 28.3 Å². The summed E-state index contributed by atoms with van der Waals surface area (Å²) in [5, 5.41) is 1.06. The predicted molar refractivity (Wildman–Crippen MR) is 103 cm³/mol. The van der Waals surface area contributed by atoms with Crippen molar-refractivity contribution in [1.29, 1.82) is 0 Å². The van der Waals surface area contributed by atoms with Crippen LogP contribution < -0.4 is 5.73 Å². The molecule has 4 rings (SSSR count). The number of rotatable bonds is 3. The molecule has 0 unspecified atom stereocenters. The summed E-state index contributed by atoms with van der Waals surface area (Å²) in [7, 11) is 0. The van der Waals surface area contributed by atoms with E-state index in [1.807, 2.05) is 24.3 Å². The first kappa shape index (κ1) is 17.3. The number of fused-ring (bicyclic) bond motifs is 1. The maximum Gasteiger partial charge on any atom is 0.263 e. The van der Waals surface area contributed by atoms with E-state index in [1.54, 1.807) is 12.3 Å². The second kappa shape index (κ2) is 6.89. The molecule has 0 fully saturated rings. The van der Waals surface area contributed by atoms with Crippen LogP contribution in [0.15, 0.2) is 61.1 Å². The maximum absolute atomic E-state index is 13.1. The van der Waals surface area contributed by atoms with Gasteiger partial charge in [-0.2, -0.15) is 0 Å². The number of aromatic nitrogens is 3. The van der Waals surface area contributed by atoms with Crippen LogP contribution in [-0.4, -0.2) is 15.0 Å². The van der Waals surface area contributed by atoms with Gasteiger partial charge in [-0.05, 0) is 35.9 Å². The zero-order chi connectivity index (χ0) is 19.0. The van der Waals surface area contributed by atoms with Crippen molar-refractivity contribution in [1.82, 2.24) is 15.0 Å². The fraction of sp³-hybridized carbons (Fsp3) is 0.0500. The summed E-state index contributed by atoms with van der Waals surface area (Å²) >= 11 is 6.29. The number of nitrogen functional groups attached to an aromatic ring is 1. The number of nitrogens with zero attached hydrogens (tertiary/aromatic N) is 3. The van der Waals surface area contributed by atoms with Crippen LogP contribution in [0.5, 0.6) is 0 Å². The standard InChI is InChI=1S/C20H13ClF2N4/c21-16-5-3-12(19(22)23)9-14(16)18-13(2-1-7-25-18)11-4-6-17-15(8-11)20(24)27-10-26-17/h1-10,19H,(H2,24,26,27). The summed E-state index contributed by atoms with van der Waals surface area (Å²) in [5.41, 5.74) is 9.08. The minimum atomic E-state index is -2.59. The molecule has 7 heteroatoms. The molecule has 4 nitrogen and oxygen atoms in total. The lowest BCUT2D eigenvalue weighted by Gasteiger charge is -2.12. The largest absolute Gasteiger partial charge is 0.383 e. The summed E-state index contributed by atoms with van der Waals surface area (Å²) in [5.74, 6) is 0.366. The number of anilines is 1. The van der Waals surface area contributed by atoms with E-state index >= 15 is 0 Å². The highest BCUT2D eigenvalue weighted by molar-refractivity contribution is 6.33. The fourth-order valence-corrected chi connectivity index (χ4v) is 3.16. The molecule has 0 saturated heterocycles. The molecule has 2 aromatic carbocycles. The molecule has 0 amide bonds. The zero-order valence-corrected chi connectivity index (χ0v) is 14.7. The SMILES string of the molecule is Nc1ncnc2ccc(-c3cccnc3-c3cc(C(F)F)ccc3Cl)cc12. The lowest BCUT2D eigenvalue weighted by molar-refractivity contribution is 0.151. The first-order valence-corrected chi connectivity index (χ1v) is 8.46. The van der Waals surface area contributed by atoms with Gasteiger partial charge in [0.1, 0.15) is 12.1 Å². The van der Waals surface area contributed by atoms with Gasteiger partial charge in [-0.3, -0.25) is 4.98 Å².